The molecule has 0 aliphatic carbocycles. The van der Waals surface area contributed by atoms with Gasteiger partial charge in [-0.05, 0) is 68.7 Å². The summed E-state index contributed by atoms with van der Waals surface area (Å²) in [7, 11) is 0. The van der Waals surface area contributed by atoms with Gasteiger partial charge in [0, 0.05) is 39.9 Å². The van der Waals surface area contributed by atoms with Gasteiger partial charge in [-0.25, -0.2) is 9.59 Å². The Labute approximate surface area is 210 Å². The number of rotatable bonds is 6. The molecule has 1 amide bonds. The number of hydrogen-bond donors (Lipinski definition) is 4. The molecule has 2 aromatic carbocycles. The van der Waals surface area contributed by atoms with Crippen molar-refractivity contribution >= 4 is 44.7 Å². The Bertz CT molecular complexity index is 1790. The number of carboxylic acid groups (broad SMARTS) is 1. The summed E-state index contributed by atoms with van der Waals surface area (Å²) < 4.78 is 11.5. The summed E-state index contributed by atoms with van der Waals surface area (Å²) in [6.45, 7) is 7.40. The summed E-state index contributed by atoms with van der Waals surface area (Å²) in [6, 6.07) is 5.41. The quantitative estimate of drug-likeness (QED) is 0.253. The summed E-state index contributed by atoms with van der Waals surface area (Å²) in [6.07, 6.45) is 1.31. The number of fused-ring (bicyclic) bond motifs is 3. The molecule has 37 heavy (non-hydrogen) atoms. The van der Waals surface area contributed by atoms with Gasteiger partial charge in [0.25, 0.3) is 0 Å². The van der Waals surface area contributed by atoms with Crippen LogP contribution in [0.25, 0.3) is 32.8 Å². The fourth-order valence-corrected chi connectivity index (χ4v) is 4.86. The molecule has 3 aromatic heterocycles. The van der Waals surface area contributed by atoms with Crippen molar-refractivity contribution in [3.8, 4) is 5.75 Å². The van der Waals surface area contributed by atoms with E-state index in [-0.39, 0.29) is 24.2 Å². The second-order valence-electron chi connectivity index (χ2n) is 9.41. The molecular formula is C28H26N2O7. The van der Waals surface area contributed by atoms with Crippen LogP contribution >= 0.6 is 0 Å². The molecule has 0 saturated carbocycles. The van der Waals surface area contributed by atoms with Crippen LogP contribution in [0.1, 0.15) is 33.6 Å². The lowest BCUT2D eigenvalue weighted by Crippen LogP contribution is -2.43. The highest BCUT2D eigenvalue weighted by molar-refractivity contribution is 6.00. The molecule has 1 atom stereocenters. The van der Waals surface area contributed by atoms with Gasteiger partial charge < -0.3 is 29.3 Å². The number of amides is 1. The second-order valence-corrected chi connectivity index (χ2v) is 9.41. The van der Waals surface area contributed by atoms with E-state index >= 15 is 0 Å². The number of phenolic OH excluding ortho intramolecular Hbond substituents is 1. The maximum absolute atomic E-state index is 12.9. The number of benzene rings is 2. The molecule has 9 nitrogen and oxygen atoms in total. The Balaban J connectivity index is 1.45. The first-order chi connectivity index (χ1) is 17.5. The lowest BCUT2D eigenvalue weighted by Gasteiger charge is -2.15. The molecule has 0 aliphatic rings. The smallest absolute Gasteiger partial charge is 0.340 e. The van der Waals surface area contributed by atoms with E-state index in [1.165, 1.54) is 12.1 Å². The van der Waals surface area contributed by atoms with E-state index in [1.807, 2.05) is 26.8 Å². The van der Waals surface area contributed by atoms with Crippen LogP contribution in [0.15, 0.2) is 44.1 Å². The van der Waals surface area contributed by atoms with E-state index in [0.29, 0.717) is 38.6 Å². The molecule has 9 heteroatoms. The van der Waals surface area contributed by atoms with Gasteiger partial charge in [-0.15, -0.1) is 0 Å². The van der Waals surface area contributed by atoms with Crippen LogP contribution in [-0.4, -0.2) is 33.1 Å². The van der Waals surface area contributed by atoms with Crippen molar-refractivity contribution < 1.29 is 28.6 Å². The number of carbonyl (C=O) groups excluding carboxylic acids is 1. The lowest BCUT2D eigenvalue weighted by molar-refractivity contribution is -0.141. The molecule has 0 radical (unpaired) electrons. The standard InChI is InChI=1S/C28H26N2O7/c1-12-15(4)36-25-14(3)26-19(9-18(12)25)13(2)20(28(35)37-26)10-24(32)30-23(27(33)34)7-16-11-29-22-6-5-17(31)8-21(16)22/h5-6,8-9,11,23,29,31H,7,10H2,1-4H3,(H,30,32)(H,33,34)/t23-/m0/s1. The summed E-state index contributed by atoms with van der Waals surface area (Å²) in [4.78, 5) is 40.8. The van der Waals surface area contributed by atoms with Crippen LogP contribution < -0.4 is 10.9 Å². The topological polar surface area (TPSA) is 146 Å². The number of hydrogen-bond acceptors (Lipinski definition) is 6. The molecule has 0 bridgehead atoms. The van der Waals surface area contributed by atoms with Gasteiger partial charge in [0.05, 0.1) is 12.0 Å². The highest BCUT2D eigenvalue weighted by atomic mass is 16.4. The van der Waals surface area contributed by atoms with E-state index in [0.717, 1.165) is 22.2 Å². The molecule has 0 unspecified atom stereocenters. The van der Waals surface area contributed by atoms with Crippen molar-refractivity contribution in [1.82, 2.24) is 10.3 Å². The van der Waals surface area contributed by atoms with Crippen molar-refractivity contribution in [3.05, 3.63) is 74.5 Å². The minimum atomic E-state index is -1.24. The zero-order valence-electron chi connectivity index (χ0n) is 20.8. The SMILES string of the molecule is Cc1oc2c(C)c3oc(=O)c(CC(=O)N[C@@H](Cc4c[nH]c5ccc(O)cc45)C(=O)O)c(C)c3cc2c1C. The summed E-state index contributed by atoms with van der Waals surface area (Å²) in [5.74, 6) is -0.999. The zero-order valence-corrected chi connectivity index (χ0v) is 20.8. The van der Waals surface area contributed by atoms with Crippen LogP contribution in [0.5, 0.6) is 5.75 Å². The Morgan fingerprint density at radius 1 is 0.973 bits per heavy atom. The number of nitrogens with one attached hydrogen (secondary N) is 2. The largest absolute Gasteiger partial charge is 0.508 e. The van der Waals surface area contributed by atoms with Gasteiger partial charge in [0.1, 0.15) is 28.7 Å². The molecule has 4 N–H and O–H groups in total. The van der Waals surface area contributed by atoms with Gasteiger partial charge >= 0.3 is 11.6 Å². The van der Waals surface area contributed by atoms with Crippen molar-refractivity contribution in [1.29, 1.82) is 0 Å². The molecule has 5 rings (SSSR count). The number of aromatic amines is 1. The molecule has 190 valence electrons. The van der Waals surface area contributed by atoms with Crippen molar-refractivity contribution in [2.75, 3.05) is 0 Å². The van der Waals surface area contributed by atoms with Gasteiger partial charge in [-0.3, -0.25) is 4.79 Å². The first kappa shape index (κ1) is 24.2. The fraction of sp³-hybridized carbons (Fsp3) is 0.250. The number of H-pyrrole nitrogens is 1. The van der Waals surface area contributed by atoms with Gasteiger partial charge in [-0.1, -0.05) is 0 Å². The second kappa shape index (κ2) is 8.85. The lowest BCUT2D eigenvalue weighted by atomic mass is 9.98. The molecule has 0 aliphatic heterocycles. The third kappa shape index (κ3) is 4.12. The Morgan fingerprint density at radius 3 is 2.41 bits per heavy atom. The van der Waals surface area contributed by atoms with E-state index in [1.54, 1.807) is 19.2 Å². The average molecular weight is 503 g/mol. The molecule has 0 fully saturated rings. The number of aliphatic carboxylic acids is 1. The maximum Gasteiger partial charge on any atom is 0.340 e. The molecule has 5 aromatic rings. The summed E-state index contributed by atoms with van der Waals surface area (Å²) in [5.41, 5.74) is 4.23. The van der Waals surface area contributed by atoms with Crippen LogP contribution in [-0.2, 0) is 22.4 Å². The molecular weight excluding hydrogens is 476 g/mol. The number of aromatic nitrogens is 1. The summed E-state index contributed by atoms with van der Waals surface area (Å²) in [5, 5.41) is 24.4. The summed E-state index contributed by atoms with van der Waals surface area (Å²) >= 11 is 0. The van der Waals surface area contributed by atoms with Crippen LogP contribution in [0.2, 0.25) is 0 Å². The van der Waals surface area contributed by atoms with Crippen molar-refractivity contribution in [3.63, 3.8) is 0 Å². The highest BCUT2D eigenvalue weighted by Gasteiger charge is 2.25. The highest BCUT2D eigenvalue weighted by Crippen LogP contribution is 2.34. The third-order valence-corrected chi connectivity index (χ3v) is 7.09. The zero-order chi connectivity index (χ0) is 26.6. The van der Waals surface area contributed by atoms with Gasteiger partial charge in [0.2, 0.25) is 5.91 Å². The normalized spacial score (nSPS) is 12.4. The third-order valence-electron chi connectivity index (χ3n) is 7.09. The monoisotopic (exact) mass is 502 g/mol. The van der Waals surface area contributed by atoms with E-state index in [4.69, 9.17) is 8.83 Å². The average Bonchev–Trinajstić information content (AvgIpc) is 3.37. The minimum Gasteiger partial charge on any atom is -0.508 e. The van der Waals surface area contributed by atoms with E-state index < -0.39 is 23.5 Å². The fourth-order valence-electron chi connectivity index (χ4n) is 4.86. The molecule has 3 heterocycles. The van der Waals surface area contributed by atoms with Crippen molar-refractivity contribution in [2.24, 2.45) is 0 Å². The van der Waals surface area contributed by atoms with Crippen LogP contribution in [0, 0.1) is 27.7 Å². The Kier molecular flexibility index (Phi) is 5.78. The van der Waals surface area contributed by atoms with Crippen molar-refractivity contribution in [2.45, 2.75) is 46.6 Å². The predicted octanol–water partition coefficient (Wildman–Crippen LogP) is 4.31. The minimum absolute atomic E-state index is 0.00781. The first-order valence-corrected chi connectivity index (χ1v) is 11.8. The molecule has 0 spiro atoms. The van der Waals surface area contributed by atoms with Crippen LogP contribution in [0.4, 0.5) is 0 Å². The number of carbonyl (C=O) groups is 2. The number of phenols is 1. The first-order valence-electron chi connectivity index (χ1n) is 11.8. The van der Waals surface area contributed by atoms with E-state index in [9.17, 15) is 24.6 Å². The Morgan fingerprint density at radius 2 is 1.68 bits per heavy atom. The van der Waals surface area contributed by atoms with E-state index in [2.05, 4.69) is 10.3 Å². The molecule has 0 saturated heterocycles. The Hall–Kier alpha value is -4.53. The van der Waals surface area contributed by atoms with Gasteiger partial charge in [-0.2, -0.15) is 0 Å². The van der Waals surface area contributed by atoms with Crippen LogP contribution in [0.3, 0.4) is 0 Å². The number of furan rings is 1. The predicted molar refractivity (Wildman–Crippen MR) is 138 cm³/mol. The maximum atomic E-state index is 12.9. The number of carboxylic acids is 1. The number of aromatic hydroxyl groups is 1. The van der Waals surface area contributed by atoms with Gasteiger partial charge in [0.15, 0.2) is 0 Å². The number of aryl methyl sites for hydroxylation is 4.